The molecule has 154 valence electrons. The molecule has 0 saturated carbocycles. The number of hydrogen-bond donors (Lipinski definition) is 1. The van der Waals surface area contributed by atoms with Crippen molar-refractivity contribution in [3.05, 3.63) is 95.3 Å². The van der Waals surface area contributed by atoms with Gasteiger partial charge in [-0.2, -0.15) is 0 Å². The van der Waals surface area contributed by atoms with Gasteiger partial charge in [0.25, 0.3) is 0 Å². The maximum absolute atomic E-state index is 13.7. The Morgan fingerprint density at radius 1 is 0.828 bits per heavy atom. The first kappa shape index (κ1) is 22.7. The molecular formula is C24H27ClFNO2. The molecule has 0 aliphatic heterocycles. The maximum atomic E-state index is 13.7. The summed E-state index contributed by atoms with van der Waals surface area (Å²) in [6, 6.07) is 22.9. The van der Waals surface area contributed by atoms with E-state index in [9.17, 15) is 4.39 Å². The Kier molecular flexibility index (Phi) is 9.48. The first-order chi connectivity index (χ1) is 13.8. The monoisotopic (exact) mass is 415 g/mol. The largest absolute Gasteiger partial charge is 0.490 e. The second kappa shape index (κ2) is 12.1. The molecule has 0 fully saturated rings. The molecule has 3 nitrogen and oxygen atoms in total. The van der Waals surface area contributed by atoms with Crippen LogP contribution in [0, 0.1) is 5.82 Å². The minimum absolute atomic E-state index is 0. The van der Waals surface area contributed by atoms with E-state index in [1.165, 1.54) is 6.07 Å². The lowest BCUT2D eigenvalue weighted by Gasteiger charge is -2.14. The van der Waals surface area contributed by atoms with Crippen LogP contribution in [0.5, 0.6) is 11.5 Å². The van der Waals surface area contributed by atoms with Gasteiger partial charge in [0.05, 0.1) is 6.61 Å². The van der Waals surface area contributed by atoms with Crippen LogP contribution < -0.4 is 14.8 Å². The van der Waals surface area contributed by atoms with Crippen molar-refractivity contribution in [3.63, 3.8) is 0 Å². The Morgan fingerprint density at radius 3 is 2.34 bits per heavy atom. The number of nitrogens with one attached hydrogen (secondary N) is 1. The van der Waals surface area contributed by atoms with Gasteiger partial charge >= 0.3 is 0 Å². The summed E-state index contributed by atoms with van der Waals surface area (Å²) in [7, 11) is 0. The third-order valence-electron chi connectivity index (χ3n) is 4.40. The van der Waals surface area contributed by atoms with Crippen LogP contribution in [0.2, 0.25) is 0 Å². The Bertz CT molecular complexity index is 874. The molecule has 0 heterocycles. The number of ether oxygens (including phenoxy) is 2. The molecule has 0 unspecified atom stereocenters. The summed E-state index contributed by atoms with van der Waals surface area (Å²) in [6.45, 7) is 4.43. The van der Waals surface area contributed by atoms with Crippen LogP contribution in [0.15, 0.2) is 72.8 Å². The van der Waals surface area contributed by atoms with Gasteiger partial charge in [0.1, 0.15) is 12.4 Å². The van der Waals surface area contributed by atoms with E-state index in [1.54, 1.807) is 6.07 Å². The van der Waals surface area contributed by atoms with Crippen LogP contribution in [0.4, 0.5) is 4.39 Å². The van der Waals surface area contributed by atoms with Crippen molar-refractivity contribution < 1.29 is 13.9 Å². The van der Waals surface area contributed by atoms with E-state index in [-0.39, 0.29) is 18.2 Å². The van der Waals surface area contributed by atoms with Crippen LogP contribution in [0.1, 0.15) is 23.6 Å². The fourth-order valence-electron chi connectivity index (χ4n) is 2.94. The fourth-order valence-corrected chi connectivity index (χ4v) is 2.94. The van der Waals surface area contributed by atoms with E-state index in [4.69, 9.17) is 9.47 Å². The molecule has 3 aromatic rings. The van der Waals surface area contributed by atoms with Gasteiger partial charge in [0.2, 0.25) is 0 Å². The van der Waals surface area contributed by atoms with Crippen molar-refractivity contribution in [2.45, 2.75) is 26.5 Å². The summed E-state index contributed by atoms with van der Waals surface area (Å²) in [5.74, 6) is 1.33. The third kappa shape index (κ3) is 7.08. The van der Waals surface area contributed by atoms with Crippen molar-refractivity contribution >= 4 is 12.4 Å². The SMILES string of the molecule is CCOc1cc(CNCCc2ccccc2F)ccc1OCc1ccccc1.Cl. The molecule has 0 atom stereocenters. The average Bonchev–Trinajstić information content (AvgIpc) is 2.73. The molecule has 1 N–H and O–H groups in total. The highest BCUT2D eigenvalue weighted by Gasteiger charge is 2.07. The van der Waals surface area contributed by atoms with Crippen LogP contribution in [-0.4, -0.2) is 13.2 Å². The molecule has 3 rings (SSSR count). The quantitative estimate of drug-likeness (QED) is 0.440. The van der Waals surface area contributed by atoms with E-state index < -0.39 is 0 Å². The highest BCUT2D eigenvalue weighted by atomic mass is 35.5. The summed E-state index contributed by atoms with van der Waals surface area (Å²) in [4.78, 5) is 0. The van der Waals surface area contributed by atoms with Crippen molar-refractivity contribution in [2.24, 2.45) is 0 Å². The van der Waals surface area contributed by atoms with Gasteiger partial charge in [-0.1, -0.05) is 54.6 Å². The topological polar surface area (TPSA) is 30.5 Å². The summed E-state index contributed by atoms with van der Waals surface area (Å²) >= 11 is 0. The number of benzene rings is 3. The number of rotatable bonds is 10. The lowest BCUT2D eigenvalue weighted by molar-refractivity contribution is 0.269. The Hall–Kier alpha value is -2.56. The van der Waals surface area contributed by atoms with Gasteiger partial charge in [0.15, 0.2) is 11.5 Å². The van der Waals surface area contributed by atoms with Crippen molar-refractivity contribution in [2.75, 3.05) is 13.2 Å². The predicted octanol–water partition coefficient (Wildman–Crippen LogP) is 5.56. The molecule has 0 amide bonds. The average molecular weight is 416 g/mol. The molecule has 0 spiro atoms. The number of hydrogen-bond acceptors (Lipinski definition) is 3. The fraction of sp³-hybridized carbons (Fsp3) is 0.250. The third-order valence-corrected chi connectivity index (χ3v) is 4.40. The molecule has 0 aliphatic carbocycles. The minimum atomic E-state index is -0.150. The first-order valence-electron chi connectivity index (χ1n) is 9.63. The number of halogens is 2. The highest BCUT2D eigenvalue weighted by Crippen LogP contribution is 2.29. The van der Waals surface area contributed by atoms with Gasteiger partial charge in [-0.25, -0.2) is 4.39 Å². The molecular weight excluding hydrogens is 389 g/mol. The maximum Gasteiger partial charge on any atom is 0.161 e. The van der Waals surface area contributed by atoms with Crippen LogP contribution in [0.25, 0.3) is 0 Å². The van der Waals surface area contributed by atoms with E-state index in [0.29, 0.717) is 32.7 Å². The van der Waals surface area contributed by atoms with Gasteiger partial charge in [-0.3, -0.25) is 0 Å². The summed E-state index contributed by atoms with van der Waals surface area (Å²) in [6.07, 6.45) is 0.656. The molecule has 3 aromatic carbocycles. The second-order valence-corrected chi connectivity index (χ2v) is 6.51. The molecule has 0 aliphatic rings. The minimum Gasteiger partial charge on any atom is -0.490 e. The Morgan fingerprint density at radius 2 is 1.59 bits per heavy atom. The molecule has 0 aromatic heterocycles. The van der Waals surface area contributed by atoms with Gasteiger partial charge in [0, 0.05) is 6.54 Å². The second-order valence-electron chi connectivity index (χ2n) is 6.51. The van der Waals surface area contributed by atoms with Crippen LogP contribution in [-0.2, 0) is 19.6 Å². The van der Waals surface area contributed by atoms with Gasteiger partial charge in [-0.05, 0) is 54.8 Å². The predicted molar refractivity (Wildman–Crippen MR) is 117 cm³/mol. The lowest BCUT2D eigenvalue weighted by atomic mass is 10.1. The summed E-state index contributed by atoms with van der Waals surface area (Å²) < 4.78 is 25.4. The van der Waals surface area contributed by atoms with E-state index >= 15 is 0 Å². The normalized spacial score (nSPS) is 10.3. The Balaban J connectivity index is 0.00000300. The zero-order chi connectivity index (χ0) is 19.6. The standard InChI is InChI=1S/C24H26FNO2.ClH/c1-2-27-24-16-20(17-26-15-14-21-10-6-7-11-22(21)25)12-13-23(24)28-18-19-8-4-3-5-9-19;/h3-13,16,26H,2,14-15,17-18H2,1H3;1H. The van der Waals surface area contributed by atoms with Crippen molar-refractivity contribution in [1.29, 1.82) is 0 Å². The molecule has 0 radical (unpaired) electrons. The van der Waals surface area contributed by atoms with Crippen LogP contribution in [0.3, 0.4) is 0 Å². The van der Waals surface area contributed by atoms with E-state index in [0.717, 1.165) is 28.2 Å². The summed E-state index contributed by atoms with van der Waals surface area (Å²) in [5, 5.41) is 3.36. The summed E-state index contributed by atoms with van der Waals surface area (Å²) in [5.41, 5.74) is 2.95. The molecule has 0 bridgehead atoms. The van der Waals surface area contributed by atoms with E-state index in [1.807, 2.05) is 67.6 Å². The highest BCUT2D eigenvalue weighted by molar-refractivity contribution is 5.85. The Labute approximate surface area is 178 Å². The van der Waals surface area contributed by atoms with E-state index in [2.05, 4.69) is 5.32 Å². The molecule has 29 heavy (non-hydrogen) atoms. The van der Waals surface area contributed by atoms with Crippen molar-refractivity contribution in [1.82, 2.24) is 5.32 Å². The smallest absolute Gasteiger partial charge is 0.161 e. The van der Waals surface area contributed by atoms with Crippen molar-refractivity contribution in [3.8, 4) is 11.5 Å². The molecule has 5 heteroatoms. The zero-order valence-electron chi connectivity index (χ0n) is 16.6. The van der Waals surface area contributed by atoms with Gasteiger partial charge < -0.3 is 14.8 Å². The van der Waals surface area contributed by atoms with Crippen LogP contribution >= 0.6 is 12.4 Å². The molecule has 0 saturated heterocycles. The first-order valence-corrected chi connectivity index (χ1v) is 9.63. The zero-order valence-corrected chi connectivity index (χ0v) is 17.4. The lowest BCUT2D eigenvalue weighted by Crippen LogP contribution is -2.17. The van der Waals surface area contributed by atoms with Gasteiger partial charge in [-0.15, -0.1) is 12.4 Å².